The van der Waals surface area contributed by atoms with Crippen LogP contribution in [0.5, 0.6) is 5.75 Å². The Bertz CT molecular complexity index is 1080. The van der Waals surface area contributed by atoms with Crippen LogP contribution in [0.3, 0.4) is 0 Å². The van der Waals surface area contributed by atoms with Crippen LogP contribution in [-0.2, 0) is 13.1 Å². The highest BCUT2D eigenvalue weighted by molar-refractivity contribution is 5.97. The lowest BCUT2D eigenvalue weighted by molar-refractivity contribution is -0.925. The van der Waals surface area contributed by atoms with E-state index in [1.807, 2.05) is 13.0 Å². The van der Waals surface area contributed by atoms with E-state index in [0.717, 1.165) is 47.7 Å². The Morgan fingerprint density at radius 2 is 1.59 bits per heavy atom. The second kappa shape index (κ2) is 8.54. The summed E-state index contributed by atoms with van der Waals surface area (Å²) in [5, 5.41) is 1.11. The van der Waals surface area contributed by atoms with Gasteiger partial charge in [0.25, 0.3) is 0 Å². The molecule has 0 aliphatic rings. The average Bonchev–Trinajstić information content (AvgIpc) is 3.08. The summed E-state index contributed by atoms with van der Waals surface area (Å²) in [6.45, 7) is 7.19. The first-order valence-electron chi connectivity index (χ1n) is 10.2. The summed E-state index contributed by atoms with van der Waals surface area (Å²) < 4.78 is 12.0. The molecule has 4 rings (SSSR count). The quantitative estimate of drug-likeness (QED) is 0.483. The van der Waals surface area contributed by atoms with Crippen molar-refractivity contribution in [3.63, 3.8) is 0 Å². The Morgan fingerprint density at radius 1 is 0.897 bits per heavy atom. The summed E-state index contributed by atoms with van der Waals surface area (Å²) in [7, 11) is 1.75. The van der Waals surface area contributed by atoms with Gasteiger partial charge >= 0.3 is 0 Å². The number of benzene rings is 3. The molecule has 0 aliphatic carbocycles. The fourth-order valence-corrected chi connectivity index (χ4v) is 4.05. The smallest absolute Gasteiger partial charge is 0.135 e. The van der Waals surface area contributed by atoms with E-state index < -0.39 is 0 Å². The molecule has 0 bridgehead atoms. The minimum Gasteiger partial charge on any atom is -0.496 e. The molecule has 0 saturated heterocycles. The number of furan rings is 1. The minimum absolute atomic E-state index is 0.894. The van der Waals surface area contributed by atoms with E-state index in [9.17, 15) is 0 Å². The van der Waals surface area contributed by atoms with Gasteiger partial charge in [-0.05, 0) is 31.5 Å². The van der Waals surface area contributed by atoms with E-state index in [2.05, 4.69) is 73.7 Å². The van der Waals surface area contributed by atoms with Gasteiger partial charge in [0.1, 0.15) is 30.2 Å². The number of nitrogens with one attached hydrogen (secondary N) is 1. The predicted octanol–water partition coefficient (Wildman–Crippen LogP) is 5.02. The summed E-state index contributed by atoms with van der Waals surface area (Å²) in [6.07, 6.45) is 0. The number of ether oxygens (including phenoxy) is 1. The molecular formula is C26H28NO2+. The number of quaternary nitrogens is 1. The highest BCUT2D eigenvalue weighted by atomic mass is 16.5. The fraction of sp³-hybridized carbons (Fsp3) is 0.231. The molecule has 0 saturated carbocycles. The summed E-state index contributed by atoms with van der Waals surface area (Å²) in [5.74, 6) is 1.86. The molecule has 4 aromatic rings. The van der Waals surface area contributed by atoms with E-state index in [-0.39, 0.29) is 0 Å². The highest BCUT2D eigenvalue weighted by Crippen LogP contribution is 2.37. The van der Waals surface area contributed by atoms with Gasteiger partial charge in [-0.1, -0.05) is 60.7 Å². The fourth-order valence-electron chi connectivity index (χ4n) is 4.05. The van der Waals surface area contributed by atoms with Gasteiger partial charge in [0.05, 0.1) is 19.2 Å². The van der Waals surface area contributed by atoms with Gasteiger partial charge in [0, 0.05) is 16.5 Å². The van der Waals surface area contributed by atoms with Crippen LogP contribution in [0.25, 0.3) is 22.1 Å². The van der Waals surface area contributed by atoms with Gasteiger partial charge in [-0.3, -0.25) is 0 Å². The molecule has 3 nitrogen and oxygen atoms in total. The number of rotatable bonds is 7. The van der Waals surface area contributed by atoms with Crippen LogP contribution in [-0.4, -0.2) is 13.7 Å². The third kappa shape index (κ3) is 4.06. The SMILES string of the molecule is CC[NH+](Cc1ccccc1)Cc1cc2oc(C)c(-c3ccccc3)c2cc1OC. The molecule has 0 amide bonds. The van der Waals surface area contributed by atoms with Crippen LogP contribution in [0.4, 0.5) is 0 Å². The number of fused-ring (bicyclic) bond motifs is 1. The zero-order chi connectivity index (χ0) is 20.2. The van der Waals surface area contributed by atoms with Crippen molar-refractivity contribution in [1.29, 1.82) is 0 Å². The van der Waals surface area contributed by atoms with Crippen LogP contribution in [0.2, 0.25) is 0 Å². The number of hydrogen-bond acceptors (Lipinski definition) is 2. The van der Waals surface area contributed by atoms with Crippen molar-refractivity contribution in [2.24, 2.45) is 0 Å². The Balaban J connectivity index is 1.70. The number of aryl methyl sites for hydroxylation is 1. The molecule has 0 aliphatic heterocycles. The highest BCUT2D eigenvalue weighted by Gasteiger charge is 2.19. The largest absolute Gasteiger partial charge is 0.496 e. The third-order valence-electron chi connectivity index (χ3n) is 5.57. The molecule has 0 fully saturated rings. The van der Waals surface area contributed by atoms with E-state index in [1.54, 1.807) is 7.11 Å². The van der Waals surface area contributed by atoms with Crippen molar-refractivity contribution in [3.8, 4) is 16.9 Å². The first kappa shape index (κ1) is 19.3. The summed E-state index contributed by atoms with van der Waals surface area (Å²) >= 11 is 0. The Kier molecular flexibility index (Phi) is 5.68. The molecule has 1 N–H and O–H groups in total. The van der Waals surface area contributed by atoms with Gasteiger partial charge in [-0.15, -0.1) is 0 Å². The van der Waals surface area contributed by atoms with Crippen LogP contribution in [0.1, 0.15) is 23.8 Å². The van der Waals surface area contributed by atoms with Crippen molar-refractivity contribution in [2.45, 2.75) is 26.9 Å². The molecule has 1 heterocycles. The molecule has 3 aromatic carbocycles. The number of hydrogen-bond donors (Lipinski definition) is 1. The summed E-state index contributed by atoms with van der Waals surface area (Å²) in [4.78, 5) is 1.49. The molecule has 1 aromatic heterocycles. The van der Waals surface area contributed by atoms with Gasteiger partial charge in [-0.25, -0.2) is 0 Å². The van der Waals surface area contributed by atoms with Crippen LogP contribution >= 0.6 is 0 Å². The average molecular weight is 387 g/mol. The lowest BCUT2D eigenvalue weighted by atomic mass is 10.0. The second-order valence-electron chi connectivity index (χ2n) is 7.50. The molecule has 0 radical (unpaired) electrons. The van der Waals surface area contributed by atoms with Gasteiger partial charge in [-0.2, -0.15) is 0 Å². The van der Waals surface area contributed by atoms with Crippen molar-refractivity contribution >= 4 is 11.0 Å². The Morgan fingerprint density at radius 3 is 2.24 bits per heavy atom. The molecule has 1 atom stereocenters. The van der Waals surface area contributed by atoms with Gasteiger partial charge in [0.2, 0.25) is 0 Å². The molecule has 3 heteroatoms. The van der Waals surface area contributed by atoms with Crippen LogP contribution in [0, 0.1) is 6.92 Å². The van der Waals surface area contributed by atoms with E-state index in [1.165, 1.54) is 21.6 Å². The summed E-state index contributed by atoms with van der Waals surface area (Å²) in [6, 6.07) is 25.4. The lowest BCUT2D eigenvalue weighted by Gasteiger charge is -2.19. The zero-order valence-corrected chi connectivity index (χ0v) is 17.4. The molecule has 1 unspecified atom stereocenters. The van der Waals surface area contributed by atoms with E-state index in [4.69, 9.17) is 9.15 Å². The van der Waals surface area contributed by atoms with Crippen molar-refractivity contribution < 1.29 is 14.1 Å². The molecular weight excluding hydrogens is 358 g/mol. The third-order valence-corrected chi connectivity index (χ3v) is 5.57. The molecule has 0 spiro atoms. The van der Waals surface area contributed by atoms with Crippen molar-refractivity contribution in [3.05, 3.63) is 89.7 Å². The minimum atomic E-state index is 0.894. The standard InChI is InChI=1S/C26H27NO2/c1-4-27(17-20-11-7-5-8-12-20)18-22-15-25-23(16-24(22)28-3)26(19(2)29-25)21-13-9-6-10-14-21/h5-16H,4,17-18H2,1-3H3/p+1. The lowest BCUT2D eigenvalue weighted by Crippen LogP contribution is -3.09. The van der Waals surface area contributed by atoms with Crippen LogP contribution < -0.4 is 9.64 Å². The summed E-state index contributed by atoms with van der Waals surface area (Å²) in [5.41, 5.74) is 5.77. The maximum atomic E-state index is 6.16. The first-order chi connectivity index (χ1) is 14.2. The van der Waals surface area contributed by atoms with E-state index in [0.29, 0.717) is 0 Å². The molecule has 29 heavy (non-hydrogen) atoms. The Hall–Kier alpha value is -3.04. The van der Waals surface area contributed by atoms with Gasteiger partial charge < -0.3 is 14.1 Å². The van der Waals surface area contributed by atoms with Gasteiger partial charge in [0.15, 0.2) is 0 Å². The normalized spacial score (nSPS) is 12.2. The zero-order valence-electron chi connectivity index (χ0n) is 17.4. The maximum Gasteiger partial charge on any atom is 0.135 e. The van der Waals surface area contributed by atoms with Crippen molar-refractivity contribution in [2.75, 3.05) is 13.7 Å². The van der Waals surface area contributed by atoms with Crippen LogP contribution in [0.15, 0.2) is 77.2 Å². The monoisotopic (exact) mass is 386 g/mol. The topological polar surface area (TPSA) is 26.8 Å². The van der Waals surface area contributed by atoms with Crippen molar-refractivity contribution in [1.82, 2.24) is 0 Å². The first-order valence-corrected chi connectivity index (χ1v) is 10.2. The molecule has 148 valence electrons. The second-order valence-corrected chi connectivity index (χ2v) is 7.50. The maximum absolute atomic E-state index is 6.16. The predicted molar refractivity (Wildman–Crippen MR) is 118 cm³/mol. The Labute approximate surface area is 172 Å². The number of methoxy groups -OCH3 is 1. The van der Waals surface area contributed by atoms with E-state index >= 15 is 0 Å².